The molecule has 0 saturated carbocycles. The molecule has 19 heteroatoms. The van der Waals surface area contributed by atoms with Crippen LogP contribution in [0.1, 0.15) is 22.9 Å². The Morgan fingerprint density at radius 3 is 1.90 bits per heavy atom. The van der Waals surface area contributed by atoms with Crippen molar-refractivity contribution in [3.05, 3.63) is 139 Å². The maximum Gasteiger partial charge on any atom is 0.267 e. The van der Waals surface area contributed by atoms with Crippen LogP contribution in [0.4, 0.5) is 11.4 Å². The van der Waals surface area contributed by atoms with E-state index in [1.807, 2.05) is 133 Å². The number of nitrogens with zero attached hydrogens (tertiary/aromatic N) is 4. The Labute approximate surface area is 392 Å². The molecular weight excluding hydrogens is 963 g/mol. The summed E-state index contributed by atoms with van der Waals surface area (Å²) in [6.45, 7) is 0.783. The number of rotatable bonds is 11. The number of hydrogen-bond acceptors (Lipinski definition) is 11. The van der Waals surface area contributed by atoms with Crippen LogP contribution in [0.15, 0.2) is 119 Å². The van der Waals surface area contributed by atoms with Gasteiger partial charge in [0, 0.05) is 50.9 Å². The van der Waals surface area contributed by atoms with E-state index in [-0.39, 0.29) is 12.2 Å². The molecular formula is C44H38Cl3N4O7S5+. The largest absolute Gasteiger partial charge is 0.748 e. The second-order valence-corrected chi connectivity index (χ2v) is 22.2. The van der Waals surface area contributed by atoms with Gasteiger partial charge in [-0.15, -0.1) is 0 Å². The van der Waals surface area contributed by atoms with E-state index >= 15 is 0 Å². The molecule has 9 rings (SSSR count). The molecule has 2 aliphatic heterocycles. The Bertz CT molecular complexity index is 3180. The molecule has 0 atom stereocenters. The lowest BCUT2D eigenvalue weighted by Gasteiger charge is -2.20. The molecule has 2 aliphatic rings. The predicted octanol–water partition coefficient (Wildman–Crippen LogP) is 10.4. The Kier molecular flexibility index (Phi) is 13.5. The molecule has 2 aromatic heterocycles. The van der Waals surface area contributed by atoms with Gasteiger partial charge >= 0.3 is 0 Å². The van der Waals surface area contributed by atoms with E-state index in [1.165, 1.54) is 0 Å². The van der Waals surface area contributed by atoms with Crippen molar-refractivity contribution in [2.75, 3.05) is 34.4 Å². The fraction of sp³-hybridized carbons (Fsp3) is 0.182. The van der Waals surface area contributed by atoms with E-state index in [9.17, 15) is 21.4 Å². The minimum absolute atomic E-state index is 0.190. The number of halogens is 3. The van der Waals surface area contributed by atoms with Crippen molar-refractivity contribution >= 4 is 133 Å². The summed E-state index contributed by atoms with van der Waals surface area (Å²) in [5, 5.41) is 4.94. The molecule has 4 heterocycles. The number of anilines is 2. The van der Waals surface area contributed by atoms with Crippen LogP contribution in [0, 0.1) is 0 Å². The minimum Gasteiger partial charge on any atom is -0.748 e. The zero-order chi connectivity index (χ0) is 44.6. The van der Waals surface area contributed by atoms with E-state index in [4.69, 9.17) is 44.1 Å². The fourth-order valence-corrected chi connectivity index (χ4v) is 12.0. The zero-order valence-corrected chi connectivity index (χ0v) is 39.9. The second-order valence-electron chi connectivity index (χ2n) is 14.6. The summed E-state index contributed by atoms with van der Waals surface area (Å²) < 4.78 is 77.5. The molecule has 326 valence electrons. The number of ether oxygens (including phenoxy) is 1. The highest BCUT2D eigenvalue weighted by Gasteiger charge is 2.30. The van der Waals surface area contributed by atoms with E-state index in [0.29, 0.717) is 46.2 Å². The molecule has 0 radical (unpaired) electrons. The molecule has 0 amide bonds. The summed E-state index contributed by atoms with van der Waals surface area (Å²) in [4.78, 5) is 5.04. The first-order valence-electron chi connectivity index (χ1n) is 19.4. The van der Waals surface area contributed by atoms with Crippen molar-refractivity contribution in [2.24, 2.45) is 14.1 Å². The van der Waals surface area contributed by atoms with Gasteiger partial charge in [0.2, 0.25) is 16.9 Å². The number of fused-ring (bicyclic) bond motifs is 4. The van der Waals surface area contributed by atoms with Gasteiger partial charge in [-0.25, -0.2) is 8.42 Å². The maximum atomic E-state index is 11.2. The van der Waals surface area contributed by atoms with Crippen molar-refractivity contribution in [2.45, 2.75) is 17.7 Å². The summed E-state index contributed by atoms with van der Waals surface area (Å²) in [7, 11) is -4.34. The van der Waals surface area contributed by atoms with Crippen molar-refractivity contribution < 1.29 is 39.8 Å². The molecule has 5 aromatic carbocycles. The Morgan fingerprint density at radius 1 is 0.683 bits per heavy atom. The van der Waals surface area contributed by atoms with Crippen LogP contribution in [-0.4, -0.2) is 50.5 Å². The highest BCUT2D eigenvalue weighted by molar-refractivity contribution is 8.04. The molecule has 11 nitrogen and oxygen atoms in total. The van der Waals surface area contributed by atoms with Gasteiger partial charge in [-0.2, -0.15) is 17.6 Å². The number of hydrogen-bond donors (Lipinski definition) is 1. The third-order valence-corrected chi connectivity index (χ3v) is 16.0. The first kappa shape index (κ1) is 45.4. The van der Waals surface area contributed by atoms with Crippen molar-refractivity contribution in [1.82, 2.24) is 0 Å². The fourth-order valence-electron chi connectivity index (χ4n) is 7.21. The molecule has 63 heavy (non-hydrogen) atoms. The van der Waals surface area contributed by atoms with E-state index in [1.54, 1.807) is 34.4 Å². The standard InChI is InChI=1S/C25H21ClN2O4S2.C19H16Cl2N2O3S3/c1-27-21-15-19(26)9-11-23(21)33-25(27)16-24-28(12-5-13-34(29,30)31)20-14-18(8-10-22(20)32-24)17-6-3-2-4-7-17;1-22-14-9-12(20)3-5-16(14)27-18(22)11-19-23(7-2-8-29(24,25)26)15-10-13(21)4-6-17(15)28-19/h2-4,6-11,14-16H,5,12-13H2,1H3;3-6,9-11H,2,7-8H2,1H3/p+1. The molecule has 0 spiro atoms. The van der Waals surface area contributed by atoms with Crippen LogP contribution in [0.25, 0.3) is 43.7 Å². The lowest BCUT2D eigenvalue weighted by molar-refractivity contribution is -0.642. The van der Waals surface area contributed by atoms with Gasteiger partial charge < -0.3 is 19.1 Å². The van der Waals surface area contributed by atoms with Crippen LogP contribution >= 0.6 is 69.2 Å². The molecule has 1 N–H and O–H groups in total. The van der Waals surface area contributed by atoms with Gasteiger partial charge in [-0.05, 0) is 78.6 Å². The van der Waals surface area contributed by atoms with E-state index in [2.05, 4.69) is 15.5 Å². The summed E-state index contributed by atoms with van der Waals surface area (Å²) >= 11 is 23.4. The summed E-state index contributed by atoms with van der Waals surface area (Å²) in [5.74, 6) is 0.547. The third kappa shape index (κ3) is 10.7. The Balaban J connectivity index is 0.000000175. The lowest BCUT2D eigenvalue weighted by atomic mass is 10.0. The van der Waals surface area contributed by atoms with Crippen molar-refractivity contribution in [1.29, 1.82) is 0 Å². The second kappa shape index (κ2) is 18.7. The Hall–Kier alpha value is -4.20. The van der Waals surface area contributed by atoms with Crippen LogP contribution in [0.3, 0.4) is 0 Å². The van der Waals surface area contributed by atoms with Crippen LogP contribution in [0.2, 0.25) is 15.1 Å². The summed E-state index contributed by atoms with van der Waals surface area (Å²) in [5.41, 5.74) is 5.93. The molecule has 0 aliphatic carbocycles. The first-order chi connectivity index (χ1) is 30.0. The molecule has 0 bridgehead atoms. The van der Waals surface area contributed by atoms with Crippen LogP contribution in [-0.2, 0) is 34.3 Å². The highest BCUT2D eigenvalue weighted by Crippen LogP contribution is 2.48. The van der Waals surface area contributed by atoms with Crippen molar-refractivity contribution in [3.63, 3.8) is 0 Å². The van der Waals surface area contributed by atoms with Gasteiger partial charge in [0.25, 0.3) is 20.1 Å². The predicted molar refractivity (Wildman–Crippen MR) is 257 cm³/mol. The number of aromatic nitrogens is 2. The first-order valence-corrected chi connectivity index (χ1v) is 26.1. The monoisotopic (exact) mass is 999 g/mol. The molecule has 7 aromatic rings. The number of benzene rings is 5. The zero-order valence-electron chi connectivity index (χ0n) is 33.6. The van der Waals surface area contributed by atoms with Gasteiger partial charge in [0.1, 0.15) is 23.5 Å². The van der Waals surface area contributed by atoms with Gasteiger partial charge in [-0.1, -0.05) is 106 Å². The minimum atomic E-state index is -4.30. The van der Waals surface area contributed by atoms with Crippen LogP contribution < -0.4 is 23.7 Å². The lowest BCUT2D eigenvalue weighted by Crippen LogP contribution is -2.30. The van der Waals surface area contributed by atoms with Gasteiger partial charge in [-0.3, -0.25) is 4.55 Å². The van der Waals surface area contributed by atoms with Crippen LogP contribution in [0.5, 0.6) is 5.75 Å². The van der Waals surface area contributed by atoms with Gasteiger partial charge in [0.15, 0.2) is 5.75 Å². The molecule has 0 fully saturated rings. The quantitative estimate of drug-likeness (QED) is 0.0986. The number of aryl methyl sites for hydroxylation is 2. The number of thiazole rings is 2. The SMILES string of the molecule is C[n+]1c(C=C2Oc3ccc(-c4ccccc4)cc3N2CCCS(=O)(=O)[O-])sc2ccc(Cl)cc21.C[n+]1c(C=C2Sc3ccc(Cl)cc3N2CCCS(=O)(=O)O)sc2ccc(Cl)cc21. The normalized spacial score (nSPS) is 15.0. The highest BCUT2D eigenvalue weighted by atomic mass is 35.5. The van der Waals surface area contributed by atoms with Gasteiger partial charge in [0.05, 0.1) is 44.4 Å². The Morgan fingerprint density at radius 2 is 1.27 bits per heavy atom. The number of thioether (sulfide) groups is 1. The topological polar surface area (TPSA) is 135 Å². The maximum absolute atomic E-state index is 11.2. The molecule has 0 unspecified atom stereocenters. The van der Waals surface area contributed by atoms with Crippen molar-refractivity contribution in [3.8, 4) is 16.9 Å². The summed E-state index contributed by atoms with van der Waals surface area (Å²) in [6, 6.07) is 33.2. The smallest absolute Gasteiger partial charge is 0.267 e. The molecule has 0 saturated heterocycles. The average Bonchev–Trinajstić information content (AvgIpc) is 3.94. The third-order valence-electron chi connectivity index (χ3n) is 10.2. The average molecular weight is 1000 g/mol. The van der Waals surface area contributed by atoms with E-state index in [0.717, 1.165) is 62.9 Å². The van der Waals surface area contributed by atoms with E-state index < -0.39 is 26.0 Å². The summed E-state index contributed by atoms with van der Waals surface area (Å²) in [6.07, 6.45) is 4.52.